The van der Waals surface area contributed by atoms with Gasteiger partial charge in [-0.3, -0.25) is 4.79 Å². The van der Waals surface area contributed by atoms with Gasteiger partial charge in [-0.1, -0.05) is 48.5 Å². The quantitative estimate of drug-likeness (QED) is 0.530. The summed E-state index contributed by atoms with van der Waals surface area (Å²) in [5.41, 5.74) is 1.86. The van der Waals surface area contributed by atoms with Crippen LogP contribution in [0.5, 0.6) is 0 Å². The molecule has 4 rings (SSSR count). The number of amides is 1. The van der Waals surface area contributed by atoms with Gasteiger partial charge in [-0.25, -0.2) is 4.79 Å². The smallest absolute Gasteiger partial charge is 0.361 e. The van der Waals surface area contributed by atoms with Gasteiger partial charge >= 0.3 is 5.97 Å². The fourth-order valence-corrected chi connectivity index (χ4v) is 2.91. The largest absolute Gasteiger partial charge is 0.451 e. The first-order chi connectivity index (χ1) is 14.1. The van der Waals surface area contributed by atoms with E-state index in [1.54, 1.807) is 13.0 Å². The lowest BCUT2D eigenvalue weighted by Crippen LogP contribution is -2.21. The number of nitrogens with one attached hydrogen (secondary N) is 1. The molecule has 29 heavy (non-hydrogen) atoms. The molecule has 0 bridgehead atoms. The van der Waals surface area contributed by atoms with Gasteiger partial charge in [0, 0.05) is 5.69 Å². The van der Waals surface area contributed by atoms with E-state index in [0.717, 1.165) is 16.5 Å². The molecule has 0 radical (unpaired) electrons. The Labute approximate surface area is 166 Å². The molecule has 1 aromatic heterocycles. The minimum Gasteiger partial charge on any atom is -0.451 e. The maximum atomic E-state index is 12.3. The number of carbonyl (C=O) groups excluding carboxylic acids is 2. The average molecular weight is 386 g/mol. The second-order valence-electron chi connectivity index (χ2n) is 6.45. The molecule has 144 valence electrons. The summed E-state index contributed by atoms with van der Waals surface area (Å²) in [6, 6.07) is 22.7. The van der Waals surface area contributed by atoms with E-state index in [0.29, 0.717) is 11.4 Å². The predicted molar refractivity (Wildman–Crippen MR) is 109 cm³/mol. The van der Waals surface area contributed by atoms with Crippen molar-refractivity contribution in [2.24, 2.45) is 0 Å². The zero-order valence-electron chi connectivity index (χ0n) is 15.7. The second-order valence-corrected chi connectivity index (χ2v) is 6.45. The molecule has 0 unspecified atom stereocenters. The summed E-state index contributed by atoms with van der Waals surface area (Å²) >= 11 is 0. The van der Waals surface area contributed by atoms with Crippen LogP contribution in [0, 0.1) is 6.92 Å². The normalized spacial score (nSPS) is 10.7. The van der Waals surface area contributed by atoms with Crippen LogP contribution in [0.3, 0.4) is 0 Å². The Balaban J connectivity index is 1.39. The number of ether oxygens (including phenoxy) is 1. The molecule has 3 aromatic carbocycles. The summed E-state index contributed by atoms with van der Waals surface area (Å²) in [6.45, 7) is 1.25. The van der Waals surface area contributed by atoms with Crippen LogP contribution in [0.25, 0.3) is 16.5 Å². The zero-order valence-corrected chi connectivity index (χ0v) is 15.7. The van der Waals surface area contributed by atoms with Gasteiger partial charge in [-0.05, 0) is 42.0 Å². The summed E-state index contributed by atoms with van der Waals surface area (Å²) in [7, 11) is 0. The van der Waals surface area contributed by atoms with Gasteiger partial charge in [0.1, 0.15) is 0 Å². The summed E-state index contributed by atoms with van der Waals surface area (Å²) in [5.74, 6) is -1.12. The van der Waals surface area contributed by atoms with Crippen molar-refractivity contribution >= 4 is 28.3 Å². The van der Waals surface area contributed by atoms with Crippen molar-refractivity contribution in [1.29, 1.82) is 0 Å². The monoisotopic (exact) mass is 386 g/mol. The molecule has 7 heteroatoms. The van der Waals surface area contributed by atoms with E-state index in [4.69, 9.17) is 4.74 Å². The van der Waals surface area contributed by atoms with Crippen LogP contribution < -0.4 is 5.32 Å². The van der Waals surface area contributed by atoms with Gasteiger partial charge in [0.15, 0.2) is 12.3 Å². The Bertz CT molecular complexity index is 1190. The first-order valence-electron chi connectivity index (χ1n) is 9.05. The van der Waals surface area contributed by atoms with Crippen molar-refractivity contribution in [1.82, 2.24) is 15.0 Å². The summed E-state index contributed by atoms with van der Waals surface area (Å²) in [6.07, 6.45) is 0. The number of rotatable bonds is 5. The summed E-state index contributed by atoms with van der Waals surface area (Å²) in [5, 5.41) is 13.2. The molecular weight excluding hydrogens is 368 g/mol. The highest BCUT2D eigenvalue weighted by Crippen LogP contribution is 2.18. The Kier molecular flexibility index (Phi) is 5.03. The Hall–Kier alpha value is -4.00. The van der Waals surface area contributed by atoms with E-state index in [-0.39, 0.29) is 5.69 Å². The van der Waals surface area contributed by atoms with E-state index in [1.807, 2.05) is 66.7 Å². The lowest BCUT2D eigenvalue weighted by Gasteiger charge is -2.07. The molecule has 7 nitrogen and oxygen atoms in total. The third-order valence-electron chi connectivity index (χ3n) is 4.33. The van der Waals surface area contributed by atoms with Crippen molar-refractivity contribution < 1.29 is 14.3 Å². The number of hydrogen-bond acceptors (Lipinski definition) is 5. The average Bonchev–Trinajstić information content (AvgIpc) is 3.14. The van der Waals surface area contributed by atoms with Gasteiger partial charge in [0.05, 0.1) is 11.4 Å². The summed E-state index contributed by atoms with van der Waals surface area (Å²) < 4.78 is 5.11. The van der Waals surface area contributed by atoms with Crippen molar-refractivity contribution in [3.8, 4) is 5.69 Å². The Morgan fingerprint density at radius 3 is 2.45 bits per heavy atom. The van der Waals surface area contributed by atoms with Crippen LogP contribution in [-0.4, -0.2) is 33.5 Å². The van der Waals surface area contributed by atoms with Gasteiger partial charge in [0.2, 0.25) is 0 Å². The van der Waals surface area contributed by atoms with E-state index < -0.39 is 18.5 Å². The standard InChI is InChI=1S/C22H18N4O3/c1-15-21(25-26(24-15)19-9-3-2-4-10-19)22(28)29-14-20(27)23-18-12-11-16-7-5-6-8-17(16)13-18/h2-13H,14H2,1H3,(H,23,27). The fourth-order valence-electron chi connectivity index (χ4n) is 2.91. The molecule has 1 N–H and O–H groups in total. The molecule has 1 amide bonds. The highest BCUT2D eigenvalue weighted by Gasteiger charge is 2.19. The lowest BCUT2D eigenvalue weighted by atomic mass is 10.1. The minimum atomic E-state index is -0.696. The number of hydrogen-bond donors (Lipinski definition) is 1. The van der Waals surface area contributed by atoms with Crippen LogP contribution in [-0.2, 0) is 9.53 Å². The molecule has 4 aromatic rings. The second kappa shape index (κ2) is 7.93. The summed E-state index contributed by atoms with van der Waals surface area (Å²) in [4.78, 5) is 25.9. The third kappa shape index (κ3) is 4.14. The zero-order chi connectivity index (χ0) is 20.2. The Morgan fingerprint density at radius 2 is 1.66 bits per heavy atom. The van der Waals surface area contributed by atoms with Crippen LogP contribution in [0.4, 0.5) is 5.69 Å². The predicted octanol–water partition coefficient (Wildman–Crippen LogP) is 3.52. The molecule has 0 saturated heterocycles. The number of benzene rings is 3. The molecule has 0 fully saturated rings. The van der Waals surface area contributed by atoms with E-state index in [2.05, 4.69) is 15.5 Å². The molecule has 1 heterocycles. The van der Waals surface area contributed by atoms with Crippen molar-refractivity contribution in [3.63, 3.8) is 0 Å². The number of aromatic nitrogens is 3. The number of aryl methyl sites for hydroxylation is 1. The van der Waals surface area contributed by atoms with Crippen molar-refractivity contribution in [3.05, 3.63) is 84.2 Å². The topological polar surface area (TPSA) is 86.1 Å². The number of para-hydroxylation sites is 1. The van der Waals surface area contributed by atoms with Gasteiger partial charge in [-0.2, -0.15) is 9.90 Å². The molecule has 0 aliphatic rings. The SMILES string of the molecule is Cc1nn(-c2ccccc2)nc1C(=O)OCC(=O)Nc1ccc2ccccc2c1. The third-order valence-corrected chi connectivity index (χ3v) is 4.33. The van der Waals surface area contributed by atoms with E-state index in [9.17, 15) is 9.59 Å². The van der Waals surface area contributed by atoms with E-state index >= 15 is 0 Å². The molecule has 0 atom stereocenters. The first-order valence-corrected chi connectivity index (χ1v) is 9.05. The fraction of sp³-hybridized carbons (Fsp3) is 0.0909. The van der Waals surface area contributed by atoms with Gasteiger partial charge in [-0.15, -0.1) is 5.10 Å². The molecule has 0 aliphatic heterocycles. The number of esters is 1. The molecule has 0 saturated carbocycles. The van der Waals surface area contributed by atoms with E-state index in [1.165, 1.54) is 4.80 Å². The minimum absolute atomic E-state index is 0.0763. The number of fused-ring (bicyclic) bond motifs is 1. The molecule has 0 aliphatic carbocycles. The number of carbonyl (C=O) groups is 2. The lowest BCUT2D eigenvalue weighted by molar-refractivity contribution is -0.119. The highest BCUT2D eigenvalue weighted by molar-refractivity contribution is 5.97. The van der Waals surface area contributed by atoms with Gasteiger partial charge in [0.25, 0.3) is 5.91 Å². The van der Waals surface area contributed by atoms with Crippen LogP contribution in [0.15, 0.2) is 72.8 Å². The van der Waals surface area contributed by atoms with Crippen molar-refractivity contribution in [2.75, 3.05) is 11.9 Å². The molecular formula is C22H18N4O3. The van der Waals surface area contributed by atoms with Gasteiger partial charge < -0.3 is 10.1 Å². The number of nitrogens with zero attached hydrogens (tertiary/aromatic N) is 3. The molecule has 0 spiro atoms. The number of anilines is 1. The van der Waals surface area contributed by atoms with Crippen LogP contribution >= 0.6 is 0 Å². The van der Waals surface area contributed by atoms with Crippen LogP contribution in [0.2, 0.25) is 0 Å². The maximum absolute atomic E-state index is 12.3. The first kappa shape index (κ1) is 18.4. The maximum Gasteiger partial charge on any atom is 0.361 e. The van der Waals surface area contributed by atoms with Crippen molar-refractivity contribution in [2.45, 2.75) is 6.92 Å². The Morgan fingerprint density at radius 1 is 0.931 bits per heavy atom. The van der Waals surface area contributed by atoms with Crippen LogP contribution in [0.1, 0.15) is 16.2 Å². The highest BCUT2D eigenvalue weighted by atomic mass is 16.5.